The Morgan fingerprint density at radius 3 is 1.94 bits per heavy atom. The predicted octanol–water partition coefficient (Wildman–Crippen LogP) is 5.77. The molecule has 1 radical (unpaired) electrons. The van der Waals surface area contributed by atoms with Crippen molar-refractivity contribution in [1.82, 2.24) is 0 Å². The van der Waals surface area contributed by atoms with E-state index in [1.165, 1.54) is 83.5 Å². The first kappa shape index (κ1) is 13.4. The summed E-state index contributed by atoms with van der Waals surface area (Å²) in [5, 5.41) is 0. The molecular weight excluding hydrogens is 204 g/mol. The molecule has 0 nitrogen and oxygen atoms in total. The Labute approximate surface area is 109 Å². The van der Waals surface area contributed by atoms with Gasteiger partial charge in [-0.25, -0.2) is 0 Å². The molecule has 0 spiro atoms. The number of hydrogen-bond acceptors (Lipinski definition) is 0. The van der Waals surface area contributed by atoms with Crippen molar-refractivity contribution in [2.45, 2.75) is 83.5 Å². The van der Waals surface area contributed by atoms with E-state index in [-0.39, 0.29) is 0 Å². The van der Waals surface area contributed by atoms with Crippen molar-refractivity contribution < 1.29 is 0 Å². The zero-order chi connectivity index (χ0) is 11.9. The molecule has 0 aromatic rings. The molecule has 99 valence electrons. The van der Waals surface area contributed by atoms with Gasteiger partial charge in [-0.1, -0.05) is 77.0 Å². The van der Waals surface area contributed by atoms with E-state index in [0.29, 0.717) is 0 Å². The van der Waals surface area contributed by atoms with Crippen LogP contribution in [0.25, 0.3) is 0 Å². The summed E-state index contributed by atoms with van der Waals surface area (Å²) in [6, 6.07) is 0. The summed E-state index contributed by atoms with van der Waals surface area (Å²) in [6.07, 6.45) is 19.2. The molecule has 17 heavy (non-hydrogen) atoms. The van der Waals surface area contributed by atoms with E-state index < -0.39 is 0 Å². The fraction of sp³-hybridized carbons (Fsp3) is 0.941. The molecule has 0 aromatic heterocycles. The Balaban J connectivity index is 1.66. The van der Waals surface area contributed by atoms with E-state index in [1.54, 1.807) is 0 Å². The zero-order valence-electron chi connectivity index (χ0n) is 11.6. The van der Waals surface area contributed by atoms with Crippen LogP contribution in [0, 0.1) is 24.7 Å². The van der Waals surface area contributed by atoms with E-state index in [0.717, 1.165) is 17.8 Å². The summed E-state index contributed by atoms with van der Waals surface area (Å²) in [5.74, 6) is 2.77. The highest BCUT2D eigenvalue weighted by atomic mass is 14.3. The van der Waals surface area contributed by atoms with Crippen molar-refractivity contribution in [2.75, 3.05) is 0 Å². The van der Waals surface area contributed by atoms with Crippen LogP contribution in [0.3, 0.4) is 0 Å². The Hall–Kier alpha value is 0. The Bertz CT molecular complexity index is 182. The van der Waals surface area contributed by atoms with Crippen LogP contribution in [0.15, 0.2) is 0 Å². The summed E-state index contributed by atoms with van der Waals surface area (Å²) >= 11 is 0. The van der Waals surface area contributed by atoms with Gasteiger partial charge in [0.15, 0.2) is 0 Å². The van der Waals surface area contributed by atoms with Gasteiger partial charge < -0.3 is 0 Å². The van der Waals surface area contributed by atoms with Crippen LogP contribution in [0.5, 0.6) is 0 Å². The van der Waals surface area contributed by atoms with Crippen LogP contribution in [-0.2, 0) is 0 Å². The first-order valence-corrected chi connectivity index (χ1v) is 8.19. The van der Waals surface area contributed by atoms with Crippen molar-refractivity contribution in [2.24, 2.45) is 17.8 Å². The topological polar surface area (TPSA) is 0 Å². The second kappa shape index (κ2) is 7.44. The number of rotatable bonds is 4. The normalized spacial score (nSPS) is 26.6. The van der Waals surface area contributed by atoms with Gasteiger partial charge in [0, 0.05) is 0 Å². The minimum Gasteiger partial charge on any atom is -0.0533 e. The van der Waals surface area contributed by atoms with Crippen LogP contribution < -0.4 is 0 Å². The van der Waals surface area contributed by atoms with Gasteiger partial charge in [0.25, 0.3) is 0 Å². The molecule has 2 rings (SSSR count). The van der Waals surface area contributed by atoms with Crippen molar-refractivity contribution in [3.05, 3.63) is 6.92 Å². The Kier molecular flexibility index (Phi) is 5.88. The summed E-state index contributed by atoms with van der Waals surface area (Å²) in [7, 11) is 0. The van der Waals surface area contributed by atoms with Crippen LogP contribution in [0.2, 0.25) is 0 Å². The summed E-state index contributed by atoms with van der Waals surface area (Å²) < 4.78 is 0. The van der Waals surface area contributed by atoms with Crippen LogP contribution in [-0.4, -0.2) is 0 Å². The number of hydrogen-bond donors (Lipinski definition) is 0. The van der Waals surface area contributed by atoms with Gasteiger partial charge in [-0.05, 0) is 31.1 Å². The van der Waals surface area contributed by atoms with Gasteiger partial charge >= 0.3 is 0 Å². The fourth-order valence-electron chi connectivity index (χ4n) is 3.94. The van der Waals surface area contributed by atoms with E-state index in [9.17, 15) is 0 Å². The van der Waals surface area contributed by atoms with E-state index in [4.69, 9.17) is 0 Å². The summed E-state index contributed by atoms with van der Waals surface area (Å²) in [6.45, 7) is 4.49. The van der Waals surface area contributed by atoms with Gasteiger partial charge in [-0.3, -0.25) is 0 Å². The van der Waals surface area contributed by atoms with Crippen molar-refractivity contribution >= 4 is 0 Å². The first-order valence-electron chi connectivity index (χ1n) is 8.19. The van der Waals surface area contributed by atoms with Gasteiger partial charge in [0.1, 0.15) is 0 Å². The molecule has 1 atom stereocenters. The molecule has 0 heteroatoms. The third-order valence-corrected chi connectivity index (χ3v) is 5.24. The first-order chi connectivity index (χ1) is 8.36. The molecule has 1 unspecified atom stereocenters. The lowest BCUT2D eigenvalue weighted by molar-refractivity contribution is 0.274. The maximum atomic E-state index is 4.49. The molecule has 2 saturated carbocycles. The van der Waals surface area contributed by atoms with Crippen molar-refractivity contribution in [1.29, 1.82) is 0 Å². The van der Waals surface area contributed by atoms with Crippen LogP contribution in [0.1, 0.15) is 83.5 Å². The van der Waals surface area contributed by atoms with E-state index in [2.05, 4.69) is 6.92 Å². The molecular formula is C17H31. The molecule has 0 saturated heterocycles. The van der Waals surface area contributed by atoms with Gasteiger partial charge in [-0.15, -0.1) is 0 Å². The third kappa shape index (κ3) is 4.64. The van der Waals surface area contributed by atoms with Crippen LogP contribution >= 0.6 is 0 Å². The smallest absolute Gasteiger partial charge is 0.0386 e. The van der Waals surface area contributed by atoms with E-state index in [1.807, 2.05) is 0 Å². The Morgan fingerprint density at radius 1 is 0.765 bits per heavy atom. The van der Waals surface area contributed by atoms with Gasteiger partial charge in [-0.2, -0.15) is 0 Å². The molecule has 2 fully saturated rings. The van der Waals surface area contributed by atoms with E-state index >= 15 is 0 Å². The quantitative estimate of drug-likeness (QED) is 0.543. The second-order valence-electron chi connectivity index (χ2n) is 6.59. The molecule has 0 aromatic carbocycles. The minimum absolute atomic E-state index is 0.759. The molecule has 2 aliphatic carbocycles. The fourth-order valence-corrected chi connectivity index (χ4v) is 3.94. The zero-order valence-corrected chi connectivity index (χ0v) is 11.6. The largest absolute Gasteiger partial charge is 0.0533 e. The average molecular weight is 235 g/mol. The lowest BCUT2D eigenvalue weighted by Crippen LogP contribution is -2.14. The maximum Gasteiger partial charge on any atom is -0.0386 e. The van der Waals surface area contributed by atoms with Crippen molar-refractivity contribution in [3.8, 4) is 0 Å². The standard InChI is InChI=1S/C17H31/c1-15(17-11-7-2-3-8-12-17)13-14-16-9-5-4-6-10-16/h15-17H,1-14H2. The summed E-state index contributed by atoms with van der Waals surface area (Å²) in [5.41, 5.74) is 0. The molecule has 0 N–H and O–H groups in total. The Morgan fingerprint density at radius 2 is 1.29 bits per heavy atom. The van der Waals surface area contributed by atoms with Gasteiger partial charge in [0.05, 0.1) is 0 Å². The van der Waals surface area contributed by atoms with Gasteiger partial charge in [0.2, 0.25) is 0 Å². The molecule has 0 aliphatic heterocycles. The monoisotopic (exact) mass is 235 g/mol. The van der Waals surface area contributed by atoms with Crippen LogP contribution in [0.4, 0.5) is 0 Å². The molecule has 0 amide bonds. The third-order valence-electron chi connectivity index (χ3n) is 5.24. The van der Waals surface area contributed by atoms with Crippen molar-refractivity contribution in [3.63, 3.8) is 0 Å². The highest BCUT2D eigenvalue weighted by molar-refractivity contribution is 4.76. The molecule has 2 aliphatic rings. The predicted molar refractivity (Wildman–Crippen MR) is 75.8 cm³/mol. The molecule has 0 bridgehead atoms. The second-order valence-corrected chi connectivity index (χ2v) is 6.59. The average Bonchev–Trinajstić information content (AvgIpc) is 2.66. The highest BCUT2D eigenvalue weighted by Crippen LogP contribution is 2.34. The highest BCUT2D eigenvalue weighted by Gasteiger charge is 2.21. The lowest BCUT2D eigenvalue weighted by atomic mass is 9.80. The SMILES string of the molecule is [CH2]C(CCC1CCCCC1)C1CCCCCC1. The summed E-state index contributed by atoms with van der Waals surface area (Å²) in [4.78, 5) is 0. The lowest BCUT2D eigenvalue weighted by Gasteiger charge is -2.26. The minimum atomic E-state index is 0.759. The molecule has 0 heterocycles. The maximum absolute atomic E-state index is 4.49.